The molecule has 6 heteroatoms. The molecule has 4 rings (SSSR count). The van der Waals surface area contributed by atoms with Crippen LogP contribution in [0.2, 0.25) is 0 Å². The minimum Gasteiger partial charge on any atom is -0.375 e. The summed E-state index contributed by atoms with van der Waals surface area (Å²) in [6.45, 7) is 0.962. The lowest BCUT2D eigenvalue weighted by Gasteiger charge is -2.45. The van der Waals surface area contributed by atoms with Crippen LogP contribution in [0.1, 0.15) is 42.9 Å². The molecule has 1 aromatic rings. The molecule has 0 saturated carbocycles. The highest BCUT2D eigenvalue weighted by Crippen LogP contribution is 2.43. The second-order valence-corrected chi connectivity index (χ2v) is 6.93. The molecule has 1 aliphatic carbocycles. The number of nitrogens with zero attached hydrogens (tertiary/aromatic N) is 2. The number of hydrogen-bond donors (Lipinski definition) is 2. The van der Waals surface area contributed by atoms with Crippen LogP contribution in [-0.4, -0.2) is 28.1 Å². The number of nitrogens with two attached hydrogens (primary N) is 1. The Morgan fingerprint density at radius 3 is 2.96 bits per heavy atom. The van der Waals surface area contributed by atoms with Crippen molar-refractivity contribution in [2.24, 2.45) is 10.8 Å². The molecule has 2 aliphatic heterocycles. The van der Waals surface area contributed by atoms with E-state index in [0.717, 1.165) is 42.8 Å². The normalized spacial score (nSPS) is 24.3. The zero-order chi connectivity index (χ0) is 16.7. The maximum atomic E-state index is 12.5. The molecule has 1 atom stereocenters. The molecule has 0 radical (unpaired) electrons. The molecule has 2 heterocycles. The second kappa shape index (κ2) is 6.02. The Balaban J connectivity index is 1.81. The van der Waals surface area contributed by atoms with Gasteiger partial charge in [0, 0.05) is 25.1 Å². The summed E-state index contributed by atoms with van der Waals surface area (Å²) in [6.07, 6.45) is 4.18. The number of thiocarbonyl (C=S) groups is 1. The Morgan fingerprint density at radius 2 is 2.12 bits per heavy atom. The van der Waals surface area contributed by atoms with Crippen LogP contribution in [0.15, 0.2) is 40.6 Å². The highest BCUT2D eigenvalue weighted by atomic mass is 32.1. The highest BCUT2D eigenvalue weighted by Gasteiger charge is 2.39. The Bertz CT molecular complexity index is 783. The summed E-state index contributed by atoms with van der Waals surface area (Å²) in [5.41, 5.74) is 13.7. The van der Waals surface area contributed by atoms with E-state index in [-0.39, 0.29) is 16.9 Å². The quantitative estimate of drug-likeness (QED) is 0.606. The summed E-state index contributed by atoms with van der Waals surface area (Å²) in [4.78, 5) is 15.0. The average Bonchev–Trinajstić information content (AvgIpc) is 2.59. The number of fused-ring (bicyclic) bond motifs is 4. The Hall–Kier alpha value is -2.21. The van der Waals surface area contributed by atoms with Crippen molar-refractivity contribution in [2.45, 2.75) is 38.1 Å². The third kappa shape index (κ3) is 2.51. The number of nitrogens with one attached hydrogen (secondary N) is 1. The molecule has 3 aliphatic rings. The first-order chi connectivity index (χ1) is 11.6. The largest absolute Gasteiger partial charge is 0.375 e. The van der Waals surface area contributed by atoms with Crippen molar-refractivity contribution in [2.75, 3.05) is 6.54 Å². The summed E-state index contributed by atoms with van der Waals surface area (Å²) >= 11 is 4.87. The number of Topliss-reactive ketones (excluding diaryl/α,β-unsaturated/α-hetero) is 1. The van der Waals surface area contributed by atoms with E-state index in [4.69, 9.17) is 18.0 Å². The number of carbonyl (C=O) groups excluding carboxylic acids is 1. The molecule has 24 heavy (non-hydrogen) atoms. The Morgan fingerprint density at radius 1 is 1.29 bits per heavy atom. The summed E-state index contributed by atoms with van der Waals surface area (Å²) in [7, 11) is 0. The average molecular weight is 340 g/mol. The van der Waals surface area contributed by atoms with Gasteiger partial charge in [0.05, 0.1) is 17.3 Å². The van der Waals surface area contributed by atoms with Crippen LogP contribution in [0, 0.1) is 0 Å². The summed E-state index contributed by atoms with van der Waals surface area (Å²) in [5, 5.41) is 4.50. The van der Waals surface area contributed by atoms with Crippen molar-refractivity contribution < 1.29 is 4.79 Å². The first-order valence-electron chi connectivity index (χ1n) is 8.38. The van der Waals surface area contributed by atoms with Gasteiger partial charge in [-0.2, -0.15) is 5.10 Å². The van der Waals surface area contributed by atoms with Crippen molar-refractivity contribution in [3.63, 3.8) is 0 Å². The second-order valence-electron chi connectivity index (χ2n) is 6.50. The van der Waals surface area contributed by atoms with Crippen LogP contribution in [0.5, 0.6) is 0 Å². The standard InChI is InChI=1S/C18H20N4OS/c19-18(24)21-20-13-10-15-12-5-2-1-4-11(12)8-9-22(15)14-6-3-7-16(23)17(13)14/h1-2,4-5,15H,3,6-10H2,(H3,19,21,24)/b20-13+. The van der Waals surface area contributed by atoms with Gasteiger partial charge in [0.15, 0.2) is 10.9 Å². The zero-order valence-corrected chi connectivity index (χ0v) is 14.2. The Labute approximate surface area is 146 Å². The van der Waals surface area contributed by atoms with E-state index in [9.17, 15) is 4.79 Å². The SMILES string of the molecule is NC(=S)N/N=C1\CC2c3ccccc3CCN2C2=C1C(=O)CCC2. The van der Waals surface area contributed by atoms with E-state index in [1.807, 2.05) is 0 Å². The maximum Gasteiger partial charge on any atom is 0.184 e. The molecule has 0 spiro atoms. The molecular weight excluding hydrogens is 320 g/mol. The van der Waals surface area contributed by atoms with E-state index in [2.05, 4.69) is 39.7 Å². The van der Waals surface area contributed by atoms with Crippen LogP contribution in [0.3, 0.4) is 0 Å². The molecule has 3 N–H and O–H groups in total. The fraction of sp³-hybridized carbons (Fsp3) is 0.389. The lowest BCUT2D eigenvalue weighted by Crippen LogP contribution is -2.43. The molecule has 0 bridgehead atoms. The summed E-state index contributed by atoms with van der Waals surface area (Å²) in [6, 6.07) is 8.82. The minimum atomic E-state index is 0.124. The van der Waals surface area contributed by atoms with Crippen LogP contribution < -0.4 is 11.2 Å². The molecule has 0 aromatic heterocycles. The number of hydrogen-bond acceptors (Lipinski definition) is 4. The summed E-state index contributed by atoms with van der Waals surface area (Å²) < 4.78 is 0. The zero-order valence-electron chi connectivity index (χ0n) is 13.4. The fourth-order valence-corrected chi connectivity index (χ4v) is 4.19. The molecule has 5 nitrogen and oxygen atoms in total. The van der Waals surface area contributed by atoms with Crippen molar-refractivity contribution in [3.8, 4) is 0 Å². The first-order valence-corrected chi connectivity index (χ1v) is 8.79. The van der Waals surface area contributed by atoms with E-state index in [0.29, 0.717) is 12.8 Å². The predicted molar refractivity (Wildman–Crippen MR) is 97.5 cm³/mol. The first kappa shape index (κ1) is 15.3. The van der Waals surface area contributed by atoms with Crippen LogP contribution in [0.25, 0.3) is 0 Å². The van der Waals surface area contributed by atoms with Crippen LogP contribution in [0.4, 0.5) is 0 Å². The number of benzene rings is 1. The van der Waals surface area contributed by atoms with Gasteiger partial charge < -0.3 is 10.6 Å². The monoisotopic (exact) mass is 340 g/mol. The molecular formula is C18H20N4OS. The van der Waals surface area contributed by atoms with E-state index >= 15 is 0 Å². The lowest BCUT2D eigenvalue weighted by atomic mass is 9.79. The van der Waals surface area contributed by atoms with E-state index in [1.54, 1.807) is 0 Å². The smallest absolute Gasteiger partial charge is 0.184 e. The molecule has 0 amide bonds. The van der Waals surface area contributed by atoms with Crippen LogP contribution >= 0.6 is 12.2 Å². The number of ketones is 1. The number of allylic oxidation sites excluding steroid dienone is 2. The van der Waals surface area contributed by atoms with Crippen molar-refractivity contribution in [3.05, 3.63) is 46.7 Å². The van der Waals surface area contributed by atoms with Crippen molar-refractivity contribution >= 4 is 28.8 Å². The van der Waals surface area contributed by atoms with E-state index in [1.165, 1.54) is 11.1 Å². The number of carbonyl (C=O) groups is 1. The van der Waals surface area contributed by atoms with E-state index < -0.39 is 0 Å². The number of hydrazone groups is 1. The molecule has 0 saturated heterocycles. The van der Waals surface area contributed by atoms with Gasteiger partial charge in [0.2, 0.25) is 0 Å². The van der Waals surface area contributed by atoms with Crippen LogP contribution in [-0.2, 0) is 11.2 Å². The van der Waals surface area contributed by atoms with Gasteiger partial charge in [-0.25, -0.2) is 0 Å². The van der Waals surface area contributed by atoms with Crippen molar-refractivity contribution in [1.29, 1.82) is 0 Å². The van der Waals surface area contributed by atoms with Gasteiger partial charge in [0.1, 0.15) is 0 Å². The lowest BCUT2D eigenvalue weighted by molar-refractivity contribution is -0.115. The van der Waals surface area contributed by atoms with Gasteiger partial charge >= 0.3 is 0 Å². The summed E-state index contributed by atoms with van der Waals surface area (Å²) in [5.74, 6) is 0.192. The maximum absolute atomic E-state index is 12.5. The third-order valence-corrected chi connectivity index (χ3v) is 5.21. The fourth-order valence-electron chi connectivity index (χ4n) is 4.15. The highest BCUT2D eigenvalue weighted by molar-refractivity contribution is 7.80. The van der Waals surface area contributed by atoms with Gasteiger partial charge in [0.25, 0.3) is 0 Å². The molecule has 1 unspecified atom stereocenters. The number of rotatable bonds is 1. The predicted octanol–water partition coefficient (Wildman–Crippen LogP) is 2.19. The molecule has 0 fully saturated rings. The Kier molecular flexibility index (Phi) is 3.84. The van der Waals surface area contributed by atoms with Gasteiger partial charge in [-0.15, -0.1) is 0 Å². The molecule has 124 valence electrons. The van der Waals surface area contributed by atoms with Crippen molar-refractivity contribution in [1.82, 2.24) is 10.3 Å². The van der Waals surface area contributed by atoms with Gasteiger partial charge in [-0.05, 0) is 42.6 Å². The molecule has 1 aromatic carbocycles. The third-order valence-electron chi connectivity index (χ3n) is 5.12. The van der Waals surface area contributed by atoms with Gasteiger partial charge in [-0.3, -0.25) is 10.2 Å². The topological polar surface area (TPSA) is 70.7 Å². The van der Waals surface area contributed by atoms with Gasteiger partial charge in [-0.1, -0.05) is 24.3 Å². The minimum absolute atomic E-state index is 0.124.